The lowest BCUT2D eigenvalue weighted by Crippen LogP contribution is -2.27. The van der Waals surface area contributed by atoms with Gasteiger partial charge < -0.3 is 9.64 Å². The van der Waals surface area contributed by atoms with E-state index in [1.807, 2.05) is 30.3 Å². The van der Waals surface area contributed by atoms with Crippen molar-refractivity contribution in [2.45, 2.75) is 11.7 Å². The Kier molecular flexibility index (Phi) is 6.08. The summed E-state index contributed by atoms with van der Waals surface area (Å²) in [5.74, 6) is 0.498. The normalized spacial score (nSPS) is 10.6. The summed E-state index contributed by atoms with van der Waals surface area (Å²) >= 11 is 1.25. The van der Waals surface area contributed by atoms with E-state index in [1.54, 1.807) is 24.1 Å². The standard InChI is InChI=1S/C19H19FN4O2S/c1-24(11-13-8-9-16(26-2)15(20)10-13)17(25)12-27-19-21-18(22-23-19)14-6-4-3-5-7-14/h3-10H,11-12H2,1-2H3,(H,21,22,23). The molecule has 0 atom stereocenters. The lowest BCUT2D eigenvalue weighted by molar-refractivity contribution is -0.127. The van der Waals surface area contributed by atoms with Crippen molar-refractivity contribution < 1.29 is 13.9 Å². The molecule has 6 nitrogen and oxygen atoms in total. The van der Waals surface area contributed by atoms with E-state index >= 15 is 0 Å². The van der Waals surface area contributed by atoms with E-state index in [0.717, 1.165) is 5.56 Å². The minimum absolute atomic E-state index is 0.0951. The van der Waals surface area contributed by atoms with Gasteiger partial charge in [-0.15, -0.1) is 5.10 Å². The number of amides is 1. The lowest BCUT2D eigenvalue weighted by Gasteiger charge is -2.17. The molecule has 3 aromatic rings. The van der Waals surface area contributed by atoms with Crippen molar-refractivity contribution in [2.24, 2.45) is 0 Å². The molecule has 0 aliphatic carbocycles. The molecule has 1 heterocycles. The van der Waals surface area contributed by atoms with Gasteiger partial charge in [-0.05, 0) is 17.7 Å². The van der Waals surface area contributed by atoms with Crippen LogP contribution in [0.25, 0.3) is 11.4 Å². The first-order valence-electron chi connectivity index (χ1n) is 8.24. The summed E-state index contributed by atoms with van der Waals surface area (Å²) in [6, 6.07) is 14.3. The summed E-state index contributed by atoms with van der Waals surface area (Å²) in [7, 11) is 3.09. The van der Waals surface area contributed by atoms with Gasteiger partial charge in [0, 0.05) is 19.2 Å². The molecule has 0 spiro atoms. The van der Waals surface area contributed by atoms with Gasteiger partial charge in [0.2, 0.25) is 11.1 Å². The molecule has 0 aliphatic rings. The Morgan fingerprint density at radius 1 is 1.26 bits per heavy atom. The summed E-state index contributed by atoms with van der Waals surface area (Å²) in [5, 5.41) is 7.51. The van der Waals surface area contributed by atoms with E-state index < -0.39 is 5.82 Å². The maximum atomic E-state index is 13.8. The first-order valence-corrected chi connectivity index (χ1v) is 9.22. The Morgan fingerprint density at radius 2 is 2.04 bits per heavy atom. The number of aromatic nitrogens is 3. The molecular weight excluding hydrogens is 367 g/mol. The molecule has 0 aliphatic heterocycles. The van der Waals surface area contributed by atoms with Crippen LogP contribution in [0.15, 0.2) is 53.7 Å². The van der Waals surface area contributed by atoms with E-state index in [4.69, 9.17) is 4.74 Å². The van der Waals surface area contributed by atoms with E-state index in [9.17, 15) is 9.18 Å². The highest BCUT2D eigenvalue weighted by Crippen LogP contribution is 2.20. The molecule has 1 N–H and O–H groups in total. The Bertz CT molecular complexity index is 917. The summed E-state index contributed by atoms with van der Waals surface area (Å²) in [6.07, 6.45) is 0. The second-order valence-electron chi connectivity index (χ2n) is 5.84. The fourth-order valence-corrected chi connectivity index (χ4v) is 3.18. The quantitative estimate of drug-likeness (QED) is 0.631. The molecule has 140 valence electrons. The average Bonchev–Trinajstić information content (AvgIpc) is 3.16. The van der Waals surface area contributed by atoms with Crippen molar-refractivity contribution in [2.75, 3.05) is 19.9 Å². The number of nitrogens with one attached hydrogen (secondary N) is 1. The minimum Gasteiger partial charge on any atom is -0.494 e. The van der Waals surface area contributed by atoms with Gasteiger partial charge in [-0.1, -0.05) is 48.2 Å². The van der Waals surface area contributed by atoms with Crippen LogP contribution < -0.4 is 4.74 Å². The number of carbonyl (C=O) groups is 1. The predicted octanol–water partition coefficient (Wildman–Crippen LogP) is 3.37. The van der Waals surface area contributed by atoms with Gasteiger partial charge >= 0.3 is 0 Å². The van der Waals surface area contributed by atoms with Crippen LogP contribution in [0.4, 0.5) is 4.39 Å². The van der Waals surface area contributed by atoms with Crippen molar-refractivity contribution in [3.05, 3.63) is 59.9 Å². The zero-order valence-electron chi connectivity index (χ0n) is 15.0. The number of rotatable bonds is 7. The highest BCUT2D eigenvalue weighted by atomic mass is 32.2. The Labute approximate surface area is 160 Å². The second kappa shape index (κ2) is 8.68. The first kappa shape index (κ1) is 18.9. The highest BCUT2D eigenvalue weighted by Gasteiger charge is 2.13. The smallest absolute Gasteiger partial charge is 0.233 e. The SMILES string of the molecule is COc1ccc(CN(C)C(=O)CSc2n[nH]c(-c3ccccc3)n2)cc1F. The van der Waals surface area contributed by atoms with Crippen molar-refractivity contribution in [1.82, 2.24) is 20.1 Å². The van der Waals surface area contributed by atoms with Crippen LogP contribution in [-0.2, 0) is 11.3 Å². The van der Waals surface area contributed by atoms with Crippen LogP contribution in [0.2, 0.25) is 0 Å². The molecule has 0 bridgehead atoms. The van der Waals surface area contributed by atoms with Gasteiger partial charge in [0.1, 0.15) is 0 Å². The third kappa shape index (κ3) is 4.85. The lowest BCUT2D eigenvalue weighted by atomic mass is 10.2. The van der Waals surface area contributed by atoms with E-state index in [2.05, 4.69) is 15.2 Å². The van der Waals surface area contributed by atoms with Gasteiger partial charge in [0.25, 0.3) is 0 Å². The summed E-state index contributed by atoms with van der Waals surface area (Å²) in [5.41, 5.74) is 1.63. The van der Waals surface area contributed by atoms with Gasteiger partial charge in [0.15, 0.2) is 17.4 Å². The number of ether oxygens (including phenoxy) is 1. The molecular formula is C19H19FN4O2S. The summed E-state index contributed by atoms with van der Waals surface area (Å²) < 4.78 is 18.7. The van der Waals surface area contributed by atoms with Crippen molar-refractivity contribution in [3.63, 3.8) is 0 Å². The Hall–Kier alpha value is -2.87. The number of methoxy groups -OCH3 is 1. The van der Waals surface area contributed by atoms with Crippen LogP contribution in [-0.4, -0.2) is 45.9 Å². The van der Waals surface area contributed by atoms with Crippen LogP contribution in [0.1, 0.15) is 5.56 Å². The van der Waals surface area contributed by atoms with E-state index in [-0.39, 0.29) is 17.4 Å². The fourth-order valence-electron chi connectivity index (χ4n) is 2.44. The molecule has 1 aromatic heterocycles. The molecule has 3 rings (SSSR count). The number of halogens is 1. The number of thioether (sulfide) groups is 1. The largest absolute Gasteiger partial charge is 0.494 e. The molecule has 2 aromatic carbocycles. The topological polar surface area (TPSA) is 71.1 Å². The second-order valence-corrected chi connectivity index (χ2v) is 6.78. The van der Waals surface area contributed by atoms with Gasteiger partial charge in [-0.3, -0.25) is 9.89 Å². The maximum Gasteiger partial charge on any atom is 0.233 e. The molecule has 1 amide bonds. The highest BCUT2D eigenvalue weighted by molar-refractivity contribution is 7.99. The van der Waals surface area contributed by atoms with Gasteiger partial charge in [0.05, 0.1) is 12.9 Å². The van der Waals surface area contributed by atoms with E-state index in [0.29, 0.717) is 23.1 Å². The molecule has 8 heteroatoms. The van der Waals surface area contributed by atoms with Crippen LogP contribution in [0.3, 0.4) is 0 Å². The number of aromatic amines is 1. The number of H-pyrrole nitrogens is 1. The molecule has 0 unspecified atom stereocenters. The number of hydrogen-bond acceptors (Lipinski definition) is 5. The average molecular weight is 386 g/mol. The first-order chi connectivity index (χ1) is 13.1. The zero-order chi connectivity index (χ0) is 19.2. The number of nitrogens with zero attached hydrogens (tertiary/aromatic N) is 3. The Morgan fingerprint density at radius 3 is 2.74 bits per heavy atom. The van der Waals surface area contributed by atoms with E-state index in [1.165, 1.54) is 24.9 Å². The van der Waals surface area contributed by atoms with Crippen LogP contribution >= 0.6 is 11.8 Å². The zero-order valence-corrected chi connectivity index (χ0v) is 15.8. The Balaban J connectivity index is 1.54. The maximum absolute atomic E-state index is 13.8. The molecule has 0 fully saturated rings. The van der Waals surface area contributed by atoms with Gasteiger partial charge in [-0.2, -0.15) is 0 Å². The molecule has 0 saturated carbocycles. The van der Waals surface area contributed by atoms with Crippen molar-refractivity contribution >= 4 is 17.7 Å². The fraction of sp³-hybridized carbons (Fsp3) is 0.211. The van der Waals surface area contributed by atoms with Gasteiger partial charge in [-0.25, -0.2) is 9.37 Å². The molecule has 0 radical (unpaired) electrons. The predicted molar refractivity (Wildman–Crippen MR) is 102 cm³/mol. The van der Waals surface area contributed by atoms with Crippen molar-refractivity contribution in [1.29, 1.82) is 0 Å². The molecule has 27 heavy (non-hydrogen) atoms. The third-order valence-corrected chi connectivity index (χ3v) is 4.73. The number of benzene rings is 2. The number of hydrogen-bond donors (Lipinski definition) is 1. The number of carbonyl (C=O) groups excluding carboxylic acids is 1. The summed E-state index contributed by atoms with van der Waals surface area (Å²) in [4.78, 5) is 18.3. The van der Waals surface area contributed by atoms with Crippen LogP contribution in [0, 0.1) is 5.82 Å². The minimum atomic E-state index is -0.445. The third-order valence-electron chi connectivity index (χ3n) is 3.90. The summed E-state index contributed by atoms with van der Waals surface area (Å²) in [6.45, 7) is 0.309. The molecule has 0 saturated heterocycles. The van der Waals surface area contributed by atoms with Crippen LogP contribution in [0.5, 0.6) is 5.75 Å². The monoisotopic (exact) mass is 386 g/mol. The van der Waals surface area contributed by atoms with Crippen molar-refractivity contribution in [3.8, 4) is 17.1 Å².